The molecule has 1 aromatic rings. The van der Waals surface area contributed by atoms with E-state index in [9.17, 15) is 14.4 Å². The third-order valence-corrected chi connectivity index (χ3v) is 3.08. The van der Waals surface area contributed by atoms with Gasteiger partial charge in [-0.25, -0.2) is 9.69 Å². The predicted octanol–water partition coefficient (Wildman–Crippen LogP) is 1.81. The summed E-state index contributed by atoms with van der Waals surface area (Å²) in [5.74, 6) is -1.02. The Bertz CT molecular complexity index is 537. The number of rotatable bonds is 1. The fourth-order valence-corrected chi connectivity index (χ4v) is 1.86. The molecule has 1 N–H and O–H groups in total. The van der Waals surface area contributed by atoms with E-state index in [0.29, 0.717) is 10.6 Å². The SMILES string of the molecule is CC1(C)C(=O)NC(=O)N1C(=O)c1ccc(Cl)cc1. The van der Waals surface area contributed by atoms with Gasteiger partial charge in [0.05, 0.1) is 0 Å². The smallest absolute Gasteiger partial charge is 0.275 e. The first-order valence-electron chi connectivity index (χ1n) is 5.29. The Balaban J connectivity index is 2.37. The minimum absolute atomic E-state index is 0.303. The van der Waals surface area contributed by atoms with Crippen molar-refractivity contribution in [3.63, 3.8) is 0 Å². The number of hydrogen-bond donors (Lipinski definition) is 1. The van der Waals surface area contributed by atoms with Crippen LogP contribution in [-0.4, -0.2) is 28.3 Å². The van der Waals surface area contributed by atoms with Gasteiger partial charge in [0.2, 0.25) is 0 Å². The van der Waals surface area contributed by atoms with E-state index in [4.69, 9.17) is 11.6 Å². The van der Waals surface area contributed by atoms with E-state index in [1.165, 1.54) is 26.0 Å². The van der Waals surface area contributed by atoms with Gasteiger partial charge in [-0.3, -0.25) is 14.9 Å². The molecule has 0 aromatic heterocycles. The molecule has 5 nitrogen and oxygen atoms in total. The van der Waals surface area contributed by atoms with Crippen molar-refractivity contribution in [2.75, 3.05) is 0 Å². The quantitative estimate of drug-likeness (QED) is 0.789. The van der Waals surface area contributed by atoms with E-state index < -0.39 is 23.4 Å². The normalized spacial score (nSPS) is 17.8. The lowest BCUT2D eigenvalue weighted by Crippen LogP contribution is -2.47. The molecule has 0 bridgehead atoms. The third-order valence-electron chi connectivity index (χ3n) is 2.83. The second kappa shape index (κ2) is 4.10. The van der Waals surface area contributed by atoms with Crippen LogP contribution in [0.1, 0.15) is 24.2 Å². The largest absolute Gasteiger partial charge is 0.332 e. The van der Waals surface area contributed by atoms with Crippen LogP contribution < -0.4 is 5.32 Å². The molecule has 2 rings (SSSR count). The highest BCUT2D eigenvalue weighted by Gasteiger charge is 2.49. The molecule has 4 amide bonds. The van der Waals surface area contributed by atoms with E-state index in [1.807, 2.05) is 0 Å². The number of carbonyl (C=O) groups is 3. The van der Waals surface area contributed by atoms with Crippen molar-refractivity contribution in [3.05, 3.63) is 34.9 Å². The van der Waals surface area contributed by atoms with E-state index in [1.54, 1.807) is 12.1 Å². The summed E-state index contributed by atoms with van der Waals surface area (Å²) in [6.07, 6.45) is 0. The number of urea groups is 1. The maximum atomic E-state index is 12.2. The maximum Gasteiger partial charge on any atom is 0.332 e. The molecule has 1 fully saturated rings. The molecule has 0 radical (unpaired) electrons. The second-order valence-corrected chi connectivity index (χ2v) is 4.90. The molecule has 0 spiro atoms. The van der Waals surface area contributed by atoms with E-state index >= 15 is 0 Å². The van der Waals surface area contributed by atoms with Gasteiger partial charge in [0.15, 0.2) is 0 Å². The van der Waals surface area contributed by atoms with Crippen LogP contribution in [0.25, 0.3) is 0 Å². The molecule has 0 unspecified atom stereocenters. The lowest BCUT2D eigenvalue weighted by atomic mass is 10.0. The fraction of sp³-hybridized carbons (Fsp3) is 0.250. The molecule has 1 heterocycles. The topological polar surface area (TPSA) is 66.5 Å². The fourth-order valence-electron chi connectivity index (χ4n) is 1.73. The number of nitrogens with zero attached hydrogens (tertiary/aromatic N) is 1. The first-order valence-corrected chi connectivity index (χ1v) is 5.67. The molecule has 1 aromatic carbocycles. The monoisotopic (exact) mass is 266 g/mol. The third kappa shape index (κ3) is 1.86. The maximum absolute atomic E-state index is 12.2. The first kappa shape index (κ1) is 12.6. The van der Waals surface area contributed by atoms with Gasteiger partial charge in [-0.15, -0.1) is 0 Å². The summed E-state index contributed by atoms with van der Waals surface area (Å²) < 4.78 is 0. The van der Waals surface area contributed by atoms with Crippen molar-refractivity contribution in [3.8, 4) is 0 Å². The molecule has 6 heteroatoms. The zero-order chi connectivity index (χ0) is 13.5. The standard InChI is InChI=1S/C12H11ClN2O3/c1-12(2)10(17)14-11(18)15(12)9(16)7-3-5-8(13)6-4-7/h3-6H,1-2H3,(H,14,17,18). The van der Waals surface area contributed by atoms with Crippen molar-refractivity contribution in [2.24, 2.45) is 0 Å². The summed E-state index contributed by atoms with van der Waals surface area (Å²) in [5.41, 5.74) is -0.884. The van der Waals surface area contributed by atoms with Crippen LogP contribution in [0.2, 0.25) is 5.02 Å². The Morgan fingerprint density at radius 1 is 1.22 bits per heavy atom. The summed E-state index contributed by atoms with van der Waals surface area (Å²) in [7, 11) is 0. The van der Waals surface area contributed by atoms with Crippen molar-refractivity contribution >= 4 is 29.4 Å². The number of amides is 4. The average molecular weight is 267 g/mol. The Morgan fingerprint density at radius 3 is 2.22 bits per heavy atom. The summed E-state index contributed by atoms with van der Waals surface area (Å²) >= 11 is 5.73. The van der Waals surface area contributed by atoms with Crippen LogP contribution >= 0.6 is 11.6 Å². The van der Waals surface area contributed by atoms with Crippen LogP contribution in [0.15, 0.2) is 24.3 Å². The van der Waals surface area contributed by atoms with Gasteiger partial charge < -0.3 is 0 Å². The zero-order valence-electron chi connectivity index (χ0n) is 9.86. The lowest BCUT2D eigenvalue weighted by Gasteiger charge is -2.25. The van der Waals surface area contributed by atoms with Crippen LogP contribution in [0, 0.1) is 0 Å². The van der Waals surface area contributed by atoms with E-state index in [2.05, 4.69) is 5.32 Å². The van der Waals surface area contributed by atoms with E-state index in [0.717, 1.165) is 4.90 Å². The lowest BCUT2D eigenvalue weighted by molar-refractivity contribution is -0.124. The van der Waals surface area contributed by atoms with Crippen molar-refractivity contribution in [1.29, 1.82) is 0 Å². The number of nitrogens with one attached hydrogen (secondary N) is 1. The Morgan fingerprint density at radius 2 is 1.78 bits per heavy atom. The number of hydrogen-bond acceptors (Lipinski definition) is 3. The van der Waals surface area contributed by atoms with E-state index in [-0.39, 0.29) is 0 Å². The highest BCUT2D eigenvalue weighted by Crippen LogP contribution is 2.23. The van der Waals surface area contributed by atoms with Gasteiger partial charge in [-0.05, 0) is 38.1 Å². The second-order valence-electron chi connectivity index (χ2n) is 4.47. The number of carbonyl (C=O) groups excluding carboxylic acids is 3. The summed E-state index contributed by atoms with van der Waals surface area (Å²) in [6, 6.07) is 5.42. The molecular formula is C12H11ClN2O3. The Kier molecular flexibility index (Phi) is 2.86. The van der Waals surface area contributed by atoms with Crippen LogP contribution in [0.4, 0.5) is 4.79 Å². The number of imide groups is 2. The molecule has 0 aliphatic carbocycles. The minimum atomic E-state index is -1.19. The first-order chi connectivity index (χ1) is 8.34. The summed E-state index contributed by atoms with van der Waals surface area (Å²) in [5, 5.41) is 2.61. The van der Waals surface area contributed by atoms with Gasteiger partial charge in [0, 0.05) is 10.6 Å². The highest BCUT2D eigenvalue weighted by atomic mass is 35.5. The zero-order valence-corrected chi connectivity index (χ0v) is 10.6. The summed E-state index contributed by atoms with van der Waals surface area (Å²) in [6.45, 7) is 3.03. The van der Waals surface area contributed by atoms with Crippen molar-refractivity contribution in [1.82, 2.24) is 10.2 Å². The molecule has 1 aliphatic rings. The Labute approximate surface area is 109 Å². The van der Waals surface area contributed by atoms with Gasteiger partial charge in [-0.2, -0.15) is 0 Å². The molecule has 0 atom stereocenters. The number of benzene rings is 1. The van der Waals surface area contributed by atoms with Crippen molar-refractivity contribution < 1.29 is 14.4 Å². The molecule has 94 valence electrons. The van der Waals surface area contributed by atoms with Gasteiger partial charge in [0.25, 0.3) is 11.8 Å². The molecular weight excluding hydrogens is 256 g/mol. The van der Waals surface area contributed by atoms with Crippen LogP contribution in [-0.2, 0) is 4.79 Å². The average Bonchev–Trinajstić information content (AvgIpc) is 2.48. The Hall–Kier alpha value is -1.88. The molecule has 1 saturated heterocycles. The van der Waals surface area contributed by atoms with Crippen LogP contribution in [0.5, 0.6) is 0 Å². The van der Waals surface area contributed by atoms with Gasteiger partial charge in [0.1, 0.15) is 5.54 Å². The highest BCUT2D eigenvalue weighted by molar-refractivity contribution is 6.30. The van der Waals surface area contributed by atoms with Gasteiger partial charge >= 0.3 is 6.03 Å². The summed E-state index contributed by atoms with van der Waals surface area (Å²) in [4.78, 5) is 36.3. The van der Waals surface area contributed by atoms with Gasteiger partial charge in [-0.1, -0.05) is 11.6 Å². The molecule has 0 saturated carbocycles. The van der Waals surface area contributed by atoms with Crippen molar-refractivity contribution in [2.45, 2.75) is 19.4 Å². The van der Waals surface area contributed by atoms with Crippen LogP contribution in [0.3, 0.4) is 0 Å². The minimum Gasteiger partial charge on any atom is -0.275 e. The number of halogens is 1. The molecule has 1 aliphatic heterocycles. The molecule has 18 heavy (non-hydrogen) atoms. The predicted molar refractivity (Wildman–Crippen MR) is 65.2 cm³/mol.